The smallest absolute Gasteiger partial charge is 0.450 e. The van der Waals surface area contributed by atoms with Gasteiger partial charge in [0.1, 0.15) is 25.3 Å². The number of carbonyl (C=O) groups excluding carboxylic acids is 3. The Morgan fingerprint density at radius 3 is 1.98 bits per heavy atom. The van der Waals surface area contributed by atoms with Crippen LogP contribution in [0.3, 0.4) is 0 Å². The van der Waals surface area contributed by atoms with Crippen LogP contribution in [0, 0.1) is 12.3 Å². The summed E-state index contributed by atoms with van der Waals surface area (Å²) in [6.45, 7) is 9.90. The van der Waals surface area contributed by atoms with Gasteiger partial charge in [0.25, 0.3) is 0 Å². The number of aliphatic hydroxyl groups excluding tert-OH is 1. The summed E-state index contributed by atoms with van der Waals surface area (Å²) in [7, 11) is 0. The monoisotopic (exact) mass is 752 g/mol. The van der Waals surface area contributed by atoms with Crippen molar-refractivity contribution >= 4 is 35.2 Å². The molecule has 1 aliphatic rings. The normalized spacial score (nSPS) is 16.4. The number of ether oxygens (including phenoxy) is 6. The van der Waals surface area contributed by atoms with E-state index in [1.165, 1.54) is 4.90 Å². The zero-order valence-corrected chi connectivity index (χ0v) is 31.1. The van der Waals surface area contributed by atoms with Crippen molar-refractivity contribution in [3.8, 4) is 10.4 Å². The quantitative estimate of drug-likeness (QED) is 0.0949. The molecule has 1 saturated heterocycles. The van der Waals surface area contributed by atoms with Crippen molar-refractivity contribution in [2.75, 3.05) is 79.2 Å². The molecule has 1 aliphatic heterocycles. The summed E-state index contributed by atoms with van der Waals surface area (Å²) >= 11 is 1.57. The Kier molecular flexibility index (Phi) is 18.4. The number of rotatable bonds is 23. The summed E-state index contributed by atoms with van der Waals surface area (Å²) in [4.78, 5) is 56.8. The van der Waals surface area contributed by atoms with Crippen LogP contribution in [0.1, 0.15) is 38.4 Å². The van der Waals surface area contributed by atoms with Crippen LogP contribution >= 0.6 is 11.3 Å². The van der Waals surface area contributed by atoms with Gasteiger partial charge in [-0.25, -0.2) is 9.78 Å². The summed E-state index contributed by atoms with van der Waals surface area (Å²) in [5.41, 5.74) is 4.01. The number of nitrogens with one attached hydrogen (secondary N) is 2. The van der Waals surface area contributed by atoms with E-state index in [0.717, 1.165) is 21.7 Å². The summed E-state index contributed by atoms with van der Waals surface area (Å²) < 4.78 is 31.1. The van der Waals surface area contributed by atoms with Crippen LogP contribution in [0.4, 0.5) is 4.79 Å². The summed E-state index contributed by atoms with van der Waals surface area (Å²) in [5.74, 6) is -1.32. The number of benzene rings is 1. The second-order valence-corrected chi connectivity index (χ2v) is 13.9. The third-order valence-electron chi connectivity index (χ3n) is 7.89. The number of likely N-dealkylation sites (tertiary alicyclic amines) is 1. The largest absolute Gasteiger partial charge is 0.505 e. The van der Waals surface area contributed by atoms with Crippen molar-refractivity contribution in [3.63, 3.8) is 0 Å². The molecule has 2 aromatic rings. The molecule has 1 aromatic carbocycles. The topological polar surface area (TPSA) is 204 Å². The maximum atomic E-state index is 13.8. The fourth-order valence-corrected chi connectivity index (χ4v) is 6.03. The molecular weight excluding hydrogens is 700 g/mol. The average Bonchev–Trinajstić information content (AvgIpc) is 3.72. The third-order valence-corrected chi connectivity index (χ3v) is 8.86. The lowest BCUT2D eigenvalue weighted by Crippen LogP contribution is -2.58. The molecule has 0 aliphatic carbocycles. The molecule has 3 amide bonds. The molecule has 16 nitrogen and oxygen atoms in total. The first-order valence-corrected chi connectivity index (χ1v) is 18.0. The SMILES string of the molecule is Cc1ncsc1-c1ccc(CNC(=O)[C@@H]2C[C@@H](O)CN2C(=O)[C@@H](NC(=O)COCCOCCOCCOCCOCCOC(=O)O)C(C)(C)C)cc1. The lowest BCUT2D eigenvalue weighted by atomic mass is 9.85. The zero-order chi connectivity index (χ0) is 37.9. The number of carbonyl (C=O) groups is 4. The molecule has 0 bridgehead atoms. The van der Waals surface area contributed by atoms with E-state index in [1.54, 1.807) is 16.8 Å². The lowest BCUT2D eigenvalue weighted by Gasteiger charge is -2.35. The molecule has 52 heavy (non-hydrogen) atoms. The standard InChI is InChI=1S/C35H52N4O12S/c1-24-30(52-23-37-24)26-7-5-25(6-8-26)20-36-32(42)28-19-27(40)21-39(28)33(43)31(35(2,3)4)38-29(41)22-50-16-15-48-12-11-46-9-10-47-13-14-49-17-18-51-34(44)45/h5-8,23,27-28,31,40H,9-22H2,1-4H3,(H,36,42)(H,38,41)(H,44,45)/t27-,28+,31-/m1/s1. The van der Waals surface area contributed by atoms with E-state index >= 15 is 0 Å². The highest BCUT2D eigenvalue weighted by atomic mass is 32.1. The molecule has 0 spiro atoms. The average molecular weight is 753 g/mol. The molecule has 3 atom stereocenters. The highest BCUT2D eigenvalue weighted by Crippen LogP contribution is 2.28. The van der Waals surface area contributed by atoms with Crippen LogP contribution in [-0.4, -0.2) is 141 Å². The van der Waals surface area contributed by atoms with E-state index in [4.69, 9.17) is 28.8 Å². The van der Waals surface area contributed by atoms with E-state index in [9.17, 15) is 24.3 Å². The Bertz CT molecular complexity index is 1400. The molecule has 2 heterocycles. The molecule has 1 aromatic heterocycles. The summed E-state index contributed by atoms with van der Waals surface area (Å²) in [5, 5.41) is 24.5. The van der Waals surface area contributed by atoms with Gasteiger partial charge in [-0.3, -0.25) is 14.4 Å². The molecule has 1 fully saturated rings. The van der Waals surface area contributed by atoms with Gasteiger partial charge in [0.05, 0.1) is 81.6 Å². The molecular formula is C35H52N4O12S. The van der Waals surface area contributed by atoms with E-state index in [1.807, 2.05) is 52.0 Å². The van der Waals surface area contributed by atoms with Gasteiger partial charge in [-0.15, -0.1) is 11.3 Å². The highest BCUT2D eigenvalue weighted by molar-refractivity contribution is 7.13. The Balaban J connectivity index is 1.32. The number of aromatic nitrogens is 1. The first-order valence-electron chi connectivity index (χ1n) is 17.2. The Morgan fingerprint density at radius 1 is 0.904 bits per heavy atom. The van der Waals surface area contributed by atoms with Crippen molar-refractivity contribution < 1.29 is 57.8 Å². The van der Waals surface area contributed by atoms with Gasteiger partial charge in [-0.1, -0.05) is 45.0 Å². The second kappa shape index (κ2) is 22.4. The number of amides is 3. The van der Waals surface area contributed by atoms with Gasteiger partial charge in [0, 0.05) is 19.5 Å². The number of hydrogen-bond acceptors (Lipinski definition) is 13. The fraction of sp³-hybridized carbons (Fsp3) is 0.629. The number of carboxylic acid groups (broad SMARTS) is 1. The molecule has 0 radical (unpaired) electrons. The molecule has 0 unspecified atom stereocenters. The summed E-state index contributed by atoms with van der Waals surface area (Å²) in [6.07, 6.45) is -2.11. The van der Waals surface area contributed by atoms with E-state index in [-0.39, 0.29) is 58.5 Å². The number of thiazole rings is 1. The minimum absolute atomic E-state index is 0.0183. The maximum absolute atomic E-state index is 13.8. The van der Waals surface area contributed by atoms with Crippen LogP contribution in [0.25, 0.3) is 10.4 Å². The maximum Gasteiger partial charge on any atom is 0.505 e. The Hall–Kier alpha value is -3.71. The number of nitrogens with zero attached hydrogens (tertiary/aromatic N) is 2. The first-order chi connectivity index (χ1) is 24.9. The number of aryl methyl sites for hydroxylation is 1. The van der Waals surface area contributed by atoms with E-state index in [2.05, 4.69) is 20.4 Å². The van der Waals surface area contributed by atoms with Gasteiger partial charge >= 0.3 is 6.16 Å². The molecule has 0 saturated carbocycles. The predicted octanol–water partition coefficient (Wildman–Crippen LogP) is 2.01. The van der Waals surface area contributed by atoms with Crippen molar-refractivity contribution in [1.29, 1.82) is 0 Å². The molecule has 3 rings (SSSR count). The minimum atomic E-state index is -1.34. The van der Waals surface area contributed by atoms with Crippen LogP contribution in [0.15, 0.2) is 29.8 Å². The lowest BCUT2D eigenvalue weighted by molar-refractivity contribution is -0.144. The van der Waals surface area contributed by atoms with Gasteiger partial charge in [-0.2, -0.15) is 0 Å². The van der Waals surface area contributed by atoms with Crippen molar-refractivity contribution in [1.82, 2.24) is 20.5 Å². The van der Waals surface area contributed by atoms with Gasteiger partial charge in [-0.05, 0) is 23.5 Å². The van der Waals surface area contributed by atoms with Crippen LogP contribution in [0.5, 0.6) is 0 Å². The van der Waals surface area contributed by atoms with Gasteiger partial charge in [0.2, 0.25) is 17.7 Å². The van der Waals surface area contributed by atoms with Crippen molar-refractivity contribution in [2.24, 2.45) is 5.41 Å². The molecule has 17 heteroatoms. The number of hydrogen-bond donors (Lipinski definition) is 4. The van der Waals surface area contributed by atoms with Gasteiger partial charge < -0.3 is 54.2 Å². The van der Waals surface area contributed by atoms with E-state index in [0.29, 0.717) is 39.6 Å². The fourth-order valence-electron chi connectivity index (χ4n) is 5.22. The van der Waals surface area contributed by atoms with Gasteiger partial charge in [0.15, 0.2) is 0 Å². The Morgan fingerprint density at radius 2 is 1.46 bits per heavy atom. The summed E-state index contributed by atoms with van der Waals surface area (Å²) in [6, 6.07) is 5.98. The minimum Gasteiger partial charge on any atom is -0.450 e. The predicted molar refractivity (Wildman–Crippen MR) is 190 cm³/mol. The first kappa shape index (κ1) is 42.7. The molecule has 4 N–H and O–H groups in total. The van der Waals surface area contributed by atoms with Crippen LogP contribution in [-0.2, 0) is 49.3 Å². The third kappa shape index (κ3) is 15.1. The van der Waals surface area contributed by atoms with Crippen LogP contribution < -0.4 is 10.6 Å². The number of aliphatic hydroxyl groups is 1. The van der Waals surface area contributed by atoms with E-state index < -0.39 is 41.6 Å². The Labute approximate surface area is 308 Å². The number of β-amino-alcohol motifs (C(OH)–C–C–N with tert-alkyl or cyclic N) is 1. The van der Waals surface area contributed by atoms with Crippen LogP contribution in [0.2, 0.25) is 0 Å². The second-order valence-electron chi connectivity index (χ2n) is 13.1. The zero-order valence-electron chi connectivity index (χ0n) is 30.3. The van der Waals surface area contributed by atoms with Crippen molar-refractivity contribution in [3.05, 3.63) is 41.0 Å². The van der Waals surface area contributed by atoms with Crippen molar-refractivity contribution in [2.45, 2.75) is 58.8 Å². The highest BCUT2D eigenvalue weighted by Gasteiger charge is 2.44. The molecule has 290 valence electrons.